The molecular formula is C15H17FN2OS. The van der Waals surface area contributed by atoms with Crippen molar-refractivity contribution in [3.63, 3.8) is 0 Å². The second-order valence-electron chi connectivity index (χ2n) is 4.73. The molecule has 0 bridgehead atoms. The van der Waals surface area contributed by atoms with Crippen molar-refractivity contribution in [1.29, 1.82) is 0 Å². The Morgan fingerprint density at radius 2 is 2.10 bits per heavy atom. The molecule has 0 unspecified atom stereocenters. The predicted molar refractivity (Wildman–Crippen MR) is 79.5 cm³/mol. The summed E-state index contributed by atoms with van der Waals surface area (Å²) < 4.78 is 13.5. The number of hydrogen-bond acceptors (Lipinski definition) is 3. The molecule has 0 spiro atoms. The van der Waals surface area contributed by atoms with Gasteiger partial charge in [0.25, 0.3) is 5.91 Å². The van der Waals surface area contributed by atoms with E-state index < -0.39 is 5.82 Å². The van der Waals surface area contributed by atoms with Crippen LogP contribution in [0.4, 0.5) is 4.39 Å². The van der Waals surface area contributed by atoms with Crippen LogP contribution in [0.2, 0.25) is 0 Å². The van der Waals surface area contributed by atoms with Gasteiger partial charge in [-0.3, -0.25) is 4.79 Å². The number of carbonyl (C=O) groups excluding carboxylic acids is 1. The summed E-state index contributed by atoms with van der Waals surface area (Å²) in [4.78, 5) is 14.0. The van der Waals surface area contributed by atoms with Crippen molar-refractivity contribution in [1.82, 2.24) is 10.2 Å². The van der Waals surface area contributed by atoms with E-state index in [1.165, 1.54) is 12.1 Å². The zero-order chi connectivity index (χ0) is 14.5. The zero-order valence-corrected chi connectivity index (χ0v) is 12.3. The van der Waals surface area contributed by atoms with Crippen molar-refractivity contribution in [2.24, 2.45) is 0 Å². The van der Waals surface area contributed by atoms with Gasteiger partial charge in [-0.15, -0.1) is 0 Å². The molecule has 0 saturated heterocycles. The third-order valence-electron chi connectivity index (χ3n) is 3.13. The summed E-state index contributed by atoms with van der Waals surface area (Å²) in [5, 5.41) is 6.85. The second-order valence-corrected chi connectivity index (χ2v) is 5.51. The van der Waals surface area contributed by atoms with Gasteiger partial charge in [-0.05, 0) is 48.6 Å². The third kappa shape index (κ3) is 3.43. The molecule has 0 fully saturated rings. The van der Waals surface area contributed by atoms with E-state index in [2.05, 4.69) is 10.7 Å². The Kier molecular flexibility index (Phi) is 4.87. The molecule has 0 aliphatic carbocycles. The minimum absolute atomic E-state index is 0.0790. The first-order valence-corrected chi connectivity index (χ1v) is 7.25. The molecule has 1 aromatic carbocycles. The van der Waals surface area contributed by atoms with E-state index in [1.54, 1.807) is 23.5 Å². The SMILES string of the molecule is CN(C)[C@H](CNC(=O)c1ccccc1F)c1ccsc1. The van der Waals surface area contributed by atoms with Crippen molar-refractivity contribution in [3.8, 4) is 0 Å². The minimum Gasteiger partial charge on any atom is -0.350 e. The Balaban J connectivity index is 2.03. The topological polar surface area (TPSA) is 32.3 Å². The minimum atomic E-state index is -0.498. The van der Waals surface area contributed by atoms with Crippen LogP contribution < -0.4 is 5.32 Å². The van der Waals surface area contributed by atoms with Crippen LogP contribution in [0.15, 0.2) is 41.1 Å². The number of amides is 1. The van der Waals surface area contributed by atoms with E-state index in [9.17, 15) is 9.18 Å². The molecule has 3 nitrogen and oxygen atoms in total. The van der Waals surface area contributed by atoms with Gasteiger partial charge in [-0.2, -0.15) is 11.3 Å². The average molecular weight is 292 g/mol. The van der Waals surface area contributed by atoms with Crippen LogP contribution in [0.3, 0.4) is 0 Å². The molecule has 1 aromatic heterocycles. The second kappa shape index (κ2) is 6.63. The summed E-state index contributed by atoms with van der Waals surface area (Å²) in [6.07, 6.45) is 0. The fraction of sp³-hybridized carbons (Fsp3) is 0.267. The van der Waals surface area contributed by atoms with E-state index in [4.69, 9.17) is 0 Å². The summed E-state index contributed by atoms with van der Waals surface area (Å²) in [6.45, 7) is 0.441. The maximum absolute atomic E-state index is 13.5. The maximum Gasteiger partial charge on any atom is 0.254 e. The van der Waals surface area contributed by atoms with Crippen LogP contribution in [0.5, 0.6) is 0 Å². The number of thiophene rings is 1. The van der Waals surface area contributed by atoms with Gasteiger partial charge in [0.15, 0.2) is 0 Å². The normalized spacial score (nSPS) is 12.4. The predicted octanol–water partition coefficient (Wildman–Crippen LogP) is 2.92. The molecule has 1 heterocycles. The third-order valence-corrected chi connectivity index (χ3v) is 3.83. The molecule has 0 radical (unpaired) electrons. The van der Waals surface area contributed by atoms with Crippen LogP contribution in [0, 0.1) is 5.82 Å². The monoisotopic (exact) mass is 292 g/mol. The highest BCUT2D eigenvalue weighted by atomic mass is 32.1. The summed E-state index contributed by atoms with van der Waals surface area (Å²) in [6, 6.07) is 8.11. The first kappa shape index (κ1) is 14.7. The van der Waals surface area contributed by atoms with Gasteiger partial charge in [-0.1, -0.05) is 12.1 Å². The number of nitrogens with one attached hydrogen (secondary N) is 1. The number of rotatable bonds is 5. The lowest BCUT2D eigenvalue weighted by Crippen LogP contribution is -2.34. The van der Waals surface area contributed by atoms with Gasteiger partial charge in [0, 0.05) is 6.54 Å². The van der Waals surface area contributed by atoms with Crippen LogP contribution in [0.1, 0.15) is 22.0 Å². The van der Waals surface area contributed by atoms with Gasteiger partial charge in [0.2, 0.25) is 0 Å². The van der Waals surface area contributed by atoms with Crippen molar-refractivity contribution in [2.75, 3.05) is 20.6 Å². The lowest BCUT2D eigenvalue weighted by molar-refractivity contribution is 0.0938. The molecule has 1 N–H and O–H groups in total. The standard InChI is InChI=1S/C15H17FN2OS/c1-18(2)14(11-7-8-20-10-11)9-17-15(19)12-5-3-4-6-13(12)16/h3-8,10,14H,9H2,1-2H3,(H,17,19)/t14-/m1/s1. The Labute approximate surface area is 122 Å². The number of benzene rings is 1. The van der Waals surface area contributed by atoms with Gasteiger partial charge in [0.1, 0.15) is 5.82 Å². The smallest absolute Gasteiger partial charge is 0.254 e. The fourth-order valence-corrected chi connectivity index (χ4v) is 2.70. The number of halogens is 1. The van der Waals surface area contributed by atoms with Gasteiger partial charge in [-0.25, -0.2) is 4.39 Å². The quantitative estimate of drug-likeness (QED) is 0.919. The summed E-state index contributed by atoms with van der Waals surface area (Å²) in [5.41, 5.74) is 1.23. The molecule has 5 heteroatoms. The van der Waals surface area contributed by atoms with Crippen LogP contribution in [-0.4, -0.2) is 31.4 Å². The van der Waals surface area contributed by atoms with Crippen molar-refractivity contribution < 1.29 is 9.18 Å². The summed E-state index contributed by atoms with van der Waals surface area (Å²) >= 11 is 1.62. The molecule has 106 valence electrons. The highest BCUT2D eigenvalue weighted by molar-refractivity contribution is 7.07. The van der Waals surface area contributed by atoms with E-state index >= 15 is 0 Å². The lowest BCUT2D eigenvalue weighted by atomic mass is 10.1. The number of hydrogen-bond donors (Lipinski definition) is 1. The fourth-order valence-electron chi connectivity index (χ4n) is 1.99. The highest BCUT2D eigenvalue weighted by Crippen LogP contribution is 2.20. The van der Waals surface area contributed by atoms with Crippen LogP contribution >= 0.6 is 11.3 Å². The number of nitrogens with zero attached hydrogens (tertiary/aromatic N) is 1. The first-order chi connectivity index (χ1) is 9.59. The Morgan fingerprint density at radius 1 is 1.35 bits per heavy atom. The molecular weight excluding hydrogens is 275 g/mol. The largest absolute Gasteiger partial charge is 0.350 e. The molecule has 1 amide bonds. The van der Waals surface area contributed by atoms with Crippen molar-refractivity contribution >= 4 is 17.2 Å². The summed E-state index contributed by atoms with van der Waals surface area (Å²) in [7, 11) is 3.91. The van der Waals surface area contributed by atoms with Crippen molar-refractivity contribution in [3.05, 3.63) is 58.0 Å². The average Bonchev–Trinajstić information content (AvgIpc) is 2.92. The van der Waals surface area contributed by atoms with E-state index in [0.29, 0.717) is 6.54 Å². The van der Waals surface area contributed by atoms with Gasteiger partial charge in [0.05, 0.1) is 11.6 Å². The Hall–Kier alpha value is -1.72. The lowest BCUT2D eigenvalue weighted by Gasteiger charge is -2.24. The maximum atomic E-state index is 13.5. The number of carbonyl (C=O) groups is 1. The van der Waals surface area contributed by atoms with Crippen molar-refractivity contribution in [2.45, 2.75) is 6.04 Å². The Morgan fingerprint density at radius 3 is 2.70 bits per heavy atom. The molecule has 20 heavy (non-hydrogen) atoms. The zero-order valence-electron chi connectivity index (χ0n) is 11.5. The summed E-state index contributed by atoms with van der Waals surface area (Å²) in [5.74, 6) is -0.882. The van der Waals surface area contributed by atoms with Gasteiger partial charge < -0.3 is 10.2 Å². The highest BCUT2D eigenvalue weighted by Gasteiger charge is 2.17. The van der Waals surface area contributed by atoms with E-state index in [0.717, 1.165) is 5.56 Å². The molecule has 0 aliphatic rings. The first-order valence-electron chi connectivity index (χ1n) is 6.31. The Bertz CT molecular complexity index is 569. The number of likely N-dealkylation sites (N-methyl/N-ethyl adjacent to an activating group) is 1. The van der Waals surface area contributed by atoms with Crippen LogP contribution in [0.25, 0.3) is 0 Å². The van der Waals surface area contributed by atoms with Crippen LogP contribution in [-0.2, 0) is 0 Å². The molecule has 2 rings (SSSR count). The molecule has 2 aromatic rings. The van der Waals surface area contributed by atoms with Gasteiger partial charge >= 0.3 is 0 Å². The molecule has 1 atom stereocenters. The molecule has 0 saturated carbocycles. The molecule has 0 aliphatic heterocycles. The van der Waals surface area contributed by atoms with E-state index in [1.807, 2.05) is 30.4 Å². The van der Waals surface area contributed by atoms with E-state index in [-0.39, 0.29) is 17.5 Å².